The fraction of sp³-hybridized carbons (Fsp3) is 0. The van der Waals surface area contributed by atoms with E-state index in [1.54, 1.807) is 0 Å². The average molecular weight is 1280 g/mol. The molecule has 0 aliphatic heterocycles. The minimum Gasteiger partial charge on any atom is -0.508 e. The van der Waals surface area contributed by atoms with E-state index in [0.29, 0.717) is 0 Å². The predicted octanol–water partition coefficient (Wildman–Crippen LogP) is 3.23. The third-order valence-corrected chi connectivity index (χ3v) is 12.0. The molecule has 0 atom stereocenters. The fourth-order valence-corrected chi connectivity index (χ4v) is 7.07. The van der Waals surface area contributed by atoms with E-state index >= 15 is 0 Å². The van der Waals surface area contributed by atoms with Gasteiger partial charge in [-0.25, -0.2) is 55.1 Å². The highest BCUT2D eigenvalue weighted by Crippen LogP contribution is 2.32. The smallest absolute Gasteiger partial charge is 0.339 e. The largest absolute Gasteiger partial charge is 0.508 e. The van der Waals surface area contributed by atoms with Crippen LogP contribution in [0.4, 0.5) is 0 Å². The van der Waals surface area contributed by atoms with Crippen LogP contribution in [0.25, 0.3) is 0 Å². The van der Waals surface area contributed by atoms with Crippen molar-refractivity contribution >= 4 is 48.0 Å². The lowest BCUT2D eigenvalue weighted by molar-refractivity contribution is 0.0683. The van der Waals surface area contributed by atoms with E-state index in [1.165, 1.54) is 42.5 Å². The molecular weight excluding hydrogens is 1230 g/mol. The number of carboxylic acids is 3. The number of aromatic hydroxyl groups is 18. The van der Waals surface area contributed by atoms with Crippen LogP contribution in [0.3, 0.4) is 0 Å². The van der Waals surface area contributed by atoms with E-state index in [2.05, 4.69) is 0 Å². The third kappa shape index (κ3) is 26.4. The Morgan fingerprint density at radius 2 is 0.632 bits per heavy atom. The summed E-state index contributed by atoms with van der Waals surface area (Å²) in [5.74, 6) is -9.76. The maximum atomic E-state index is 10.7. The van der Waals surface area contributed by atoms with Gasteiger partial charge in [0.25, 0.3) is 0 Å². The zero-order valence-electron chi connectivity index (χ0n) is 43.4. The molecule has 0 amide bonds. The summed E-state index contributed by atoms with van der Waals surface area (Å²) in [5, 5.41) is 198. The van der Waals surface area contributed by atoms with Gasteiger partial charge in [0, 0.05) is 54.6 Å². The molecule has 33 nitrogen and oxygen atoms in total. The normalized spacial score (nSPS) is 10.2. The molecule has 27 N–H and O–H groups in total. The Balaban J connectivity index is 0.000000498. The zero-order valence-corrected chi connectivity index (χ0v) is 45.8. The number of primary sulfonamides is 3. The number of phenolic OH excluding ortho intramolecular Hbond substituents is 17. The van der Waals surface area contributed by atoms with Gasteiger partial charge in [-0.3, -0.25) is 0 Å². The molecule has 0 bridgehead atoms. The number of hydrogen-bond donors (Lipinski definition) is 24. The number of para-hydroxylation sites is 2. The third-order valence-electron chi connectivity index (χ3n) is 9.23. The summed E-state index contributed by atoms with van der Waals surface area (Å²) in [4.78, 5) is 29.8. The van der Waals surface area contributed by atoms with Crippen LogP contribution in [0, 0.1) is 0 Å². The van der Waals surface area contributed by atoms with Gasteiger partial charge in [-0.15, -0.1) is 0 Å². The Kier molecular flexibility index (Phi) is 27.2. The van der Waals surface area contributed by atoms with Crippen molar-refractivity contribution in [3.63, 3.8) is 0 Å². The number of rotatable bonds is 6. The molecule has 8 rings (SSSR count). The molecule has 0 saturated heterocycles. The molecule has 0 radical (unpaired) electrons. The standard InChI is InChI=1S/3C7H6O4.3C6H7NO4S.2C6H6O3/c8-5-1-4(7(10)11)2-6(9)3-5;8-5-2-1-4(7(10)11)3-6(5)9;8-5-3-1-2-4(6(5)9)7(10)11;7-12(10,11)6-2-4(8)1-5(9)3-6;7-12(10,11)4-1-2-5(8)6(9)3-4;7-12(10,11)5-3-1-2-4(8)6(5)9;7-4-1-5(8)3-6(9)2-4;7-4-1-2-5(8)6(9)3-4/h3*1-3,8-9H,(H,10,11);3*1-3,8-9H,(H2,7,10,11);2*1-3,7-9H. The highest BCUT2D eigenvalue weighted by atomic mass is 32.2. The highest BCUT2D eigenvalue weighted by molar-refractivity contribution is 7.89. The second kappa shape index (κ2) is 32.2. The number of carbonyl (C=O) groups is 3. The first-order valence-electron chi connectivity index (χ1n) is 22.3. The van der Waals surface area contributed by atoms with Crippen molar-refractivity contribution in [1.29, 1.82) is 0 Å². The molecule has 0 heterocycles. The van der Waals surface area contributed by atoms with Crippen LogP contribution in [-0.4, -0.2) is 150 Å². The van der Waals surface area contributed by atoms with Crippen LogP contribution in [0.2, 0.25) is 0 Å². The molecule has 0 spiro atoms. The summed E-state index contributed by atoms with van der Waals surface area (Å²) in [7, 11) is -11.6. The fourth-order valence-electron chi connectivity index (χ4n) is 5.32. The summed E-state index contributed by atoms with van der Waals surface area (Å²) >= 11 is 0. The summed E-state index contributed by atoms with van der Waals surface area (Å²) in [6.45, 7) is 0. The molecule has 0 saturated carbocycles. The topological polar surface area (TPSA) is 657 Å². The number of phenols is 18. The van der Waals surface area contributed by atoms with Gasteiger partial charge in [-0.05, 0) is 78.9 Å². The lowest BCUT2D eigenvalue weighted by Gasteiger charge is -2.02. The SMILES string of the molecule is NS(=O)(=O)c1cc(O)cc(O)c1.NS(=O)(=O)c1ccc(O)c(O)c1.NS(=O)(=O)c1cccc(O)c1O.O=C(O)c1cc(O)cc(O)c1.O=C(O)c1ccc(O)c(O)c1.O=C(O)c1cccc(O)c1O.Oc1cc(O)cc(O)c1.Oc1ccc(O)c(O)c1. The molecule has 0 aromatic heterocycles. The molecular formula is C51H51N3O30S3. The zero-order chi connectivity index (χ0) is 67.1. The van der Waals surface area contributed by atoms with Gasteiger partial charge in [0.1, 0.15) is 56.5 Å². The van der Waals surface area contributed by atoms with E-state index in [-0.39, 0.29) is 95.5 Å². The lowest BCUT2D eigenvalue weighted by Crippen LogP contribution is -2.12. The minimum absolute atomic E-state index is 0.0553. The molecule has 87 heavy (non-hydrogen) atoms. The quantitative estimate of drug-likeness (QED) is 0.0839. The Bertz CT molecular complexity index is 3980. The summed E-state index contributed by atoms with van der Waals surface area (Å²) in [6, 6.07) is 26.7. The molecule has 0 aliphatic rings. The first-order chi connectivity index (χ1) is 39.9. The Labute approximate surface area is 488 Å². The van der Waals surface area contributed by atoms with Crippen molar-refractivity contribution in [3.05, 3.63) is 162 Å². The van der Waals surface area contributed by atoms with E-state index < -0.39 is 87.4 Å². The predicted molar refractivity (Wildman–Crippen MR) is 296 cm³/mol. The molecule has 0 aliphatic carbocycles. The Hall–Kier alpha value is -11.7. The molecule has 0 unspecified atom stereocenters. The molecule has 0 fully saturated rings. The second-order valence-electron chi connectivity index (χ2n) is 16.0. The first kappa shape index (κ1) is 73.3. The summed E-state index contributed by atoms with van der Waals surface area (Å²) in [5.41, 5.74) is -0.493. The monoisotopic (exact) mass is 1280 g/mol. The number of aromatic carboxylic acids is 3. The summed E-state index contributed by atoms with van der Waals surface area (Å²) < 4.78 is 64.2. The van der Waals surface area contributed by atoms with Crippen molar-refractivity contribution in [1.82, 2.24) is 0 Å². The maximum absolute atomic E-state index is 10.7. The second-order valence-corrected chi connectivity index (χ2v) is 20.7. The van der Waals surface area contributed by atoms with Gasteiger partial charge in [-0.1, -0.05) is 12.1 Å². The maximum Gasteiger partial charge on any atom is 0.339 e. The van der Waals surface area contributed by atoms with Crippen LogP contribution in [0.5, 0.6) is 103 Å². The van der Waals surface area contributed by atoms with Crippen molar-refractivity contribution < 1.29 is 147 Å². The van der Waals surface area contributed by atoms with Gasteiger partial charge in [0.05, 0.1) is 20.9 Å². The van der Waals surface area contributed by atoms with E-state index in [4.69, 9.17) is 123 Å². The number of sulfonamides is 3. The van der Waals surface area contributed by atoms with Gasteiger partial charge >= 0.3 is 17.9 Å². The number of carboxylic acid groups (broad SMARTS) is 3. The number of nitrogens with two attached hydrogens (primary N) is 3. The van der Waals surface area contributed by atoms with Gasteiger partial charge in [0.2, 0.25) is 30.1 Å². The van der Waals surface area contributed by atoms with Crippen LogP contribution < -0.4 is 15.4 Å². The van der Waals surface area contributed by atoms with Gasteiger partial charge < -0.3 is 107 Å². The Morgan fingerprint density at radius 1 is 0.276 bits per heavy atom. The number of benzene rings is 8. The number of hydrogen-bond acceptors (Lipinski definition) is 27. The first-order valence-corrected chi connectivity index (χ1v) is 26.9. The van der Waals surface area contributed by atoms with Gasteiger partial charge in [0.15, 0.2) is 57.5 Å². The van der Waals surface area contributed by atoms with Crippen LogP contribution in [-0.2, 0) is 30.1 Å². The molecule has 36 heteroatoms. The highest BCUT2D eigenvalue weighted by Gasteiger charge is 2.16. The van der Waals surface area contributed by atoms with E-state index in [9.17, 15) is 39.6 Å². The molecule has 468 valence electrons. The van der Waals surface area contributed by atoms with Crippen LogP contribution in [0.15, 0.2) is 160 Å². The molecule has 8 aromatic rings. The Morgan fingerprint density at radius 3 is 0.966 bits per heavy atom. The lowest BCUT2D eigenvalue weighted by atomic mass is 10.2. The average Bonchev–Trinajstić information content (AvgIpc) is 2.65. The minimum atomic E-state index is -3.97. The summed E-state index contributed by atoms with van der Waals surface area (Å²) in [6.07, 6.45) is 0. The van der Waals surface area contributed by atoms with Crippen molar-refractivity contribution in [2.45, 2.75) is 14.7 Å². The van der Waals surface area contributed by atoms with Crippen molar-refractivity contribution in [2.24, 2.45) is 15.4 Å². The van der Waals surface area contributed by atoms with Gasteiger partial charge in [-0.2, -0.15) is 0 Å². The van der Waals surface area contributed by atoms with E-state index in [0.717, 1.165) is 103 Å². The van der Waals surface area contributed by atoms with E-state index in [1.807, 2.05) is 0 Å². The van der Waals surface area contributed by atoms with Crippen LogP contribution >= 0.6 is 0 Å². The molecule has 8 aromatic carbocycles. The van der Waals surface area contributed by atoms with Crippen molar-refractivity contribution in [3.8, 4) is 103 Å². The van der Waals surface area contributed by atoms with Crippen LogP contribution in [0.1, 0.15) is 31.1 Å². The van der Waals surface area contributed by atoms with Crippen molar-refractivity contribution in [2.75, 3.05) is 0 Å².